The molecule has 74 valence electrons. The number of rotatable bonds is 0. The summed E-state index contributed by atoms with van der Waals surface area (Å²) in [6, 6.07) is 5.90. The van der Waals surface area contributed by atoms with E-state index in [4.69, 9.17) is 0 Å². The molecule has 1 aliphatic rings. The maximum Gasteiger partial charge on any atom is 0.226 e. The fraction of sp³-hybridized carbons (Fsp3) is 0.300. The van der Waals surface area contributed by atoms with E-state index >= 15 is 0 Å². The first-order valence-corrected chi connectivity index (χ1v) is 5.27. The van der Waals surface area contributed by atoms with Crippen molar-refractivity contribution < 1.29 is 4.79 Å². The average Bonchev–Trinajstić information content (AvgIpc) is 2.30. The number of amides is 1. The molecular formula is C10H11BrN2O. The van der Waals surface area contributed by atoms with E-state index in [0.29, 0.717) is 6.42 Å². The van der Waals surface area contributed by atoms with E-state index < -0.39 is 0 Å². The van der Waals surface area contributed by atoms with Crippen LogP contribution in [0, 0.1) is 0 Å². The third-order valence-electron chi connectivity index (χ3n) is 2.34. The van der Waals surface area contributed by atoms with Crippen molar-refractivity contribution in [2.75, 3.05) is 23.8 Å². The maximum atomic E-state index is 11.4. The van der Waals surface area contributed by atoms with Crippen LogP contribution in [0.2, 0.25) is 0 Å². The van der Waals surface area contributed by atoms with E-state index in [2.05, 4.69) is 26.1 Å². The molecule has 0 bridgehead atoms. The number of carbonyl (C=O) groups excluding carboxylic acids is 1. The first-order chi connectivity index (χ1) is 6.68. The summed E-state index contributed by atoms with van der Waals surface area (Å²) >= 11 is 3.43. The number of carbonyl (C=O) groups is 1. The van der Waals surface area contributed by atoms with Crippen molar-refractivity contribution in [3.05, 3.63) is 22.7 Å². The summed E-state index contributed by atoms with van der Waals surface area (Å²) in [7, 11) is 1.99. The van der Waals surface area contributed by atoms with Crippen LogP contribution in [0.1, 0.15) is 6.42 Å². The van der Waals surface area contributed by atoms with Gasteiger partial charge in [-0.2, -0.15) is 0 Å². The third-order valence-corrected chi connectivity index (χ3v) is 3.00. The fourth-order valence-electron chi connectivity index (χ4n) is 1.55. The van der Waals surface area contributed by atoms with Crippen molar-refractivity contribution >= 4 is 33.2 Å². The Labute approximate surface area is 91.2 Å². The largest absolute Gasteiger partial charge is 0.372 e. The Hall–Kier alpha value is -1.03. The van der Waals surface area contributed by atoms with E-state index in [0.717, 1.165) is 22.4 Å². The fourth-order valence-corrected chi connectivity index (χ4v) is 2.00. The van der Waals surface area contributed by atoms with Gasteiger partial charge >= 0.3 is 0 Å². The number of hydrogen-bond acceptors (Lipinski definition) is 2. The quantitative estimate of drug-likeness (QED) is 0.771. The number of nitrogens with zero attached hydrogens (tertiary/aromatic N) is 1. The standard InChI is InChI=1S/C10H11BrN2O/c1-13-6-5-9(14)12-10-7(11)3-2-4-8(10)13/h2-4H,5-6H2,1H3,(H,12,14). The van der Waals surface area contributed by atoms with E-state index in [9.17, 15) is 4.79 Å². The Morgan fingerprint density at radius 1 is 1.50 bits per heavy atom. The number of nitrogens with one attached hydrogen (secondary N) is 1. The van der Waals surface area contributed by atoms with E-state index in [1.54, 1.807) is 0 Å². The van der Waals surface area contributed by atoms with Crippen LogP contribution in [0.3, 0.4) is 0 Å². The minimum atomic E-state index is 0.0718. The van der Waals surface area contributed by atoms with Crippen LogP contribution in [-0.4, -0.2) is 19.5 Å². The zero-order valence-corrected chi connectivity index (χ0v) is 9.47. The third kappa shape index (κ3) is 1.62. The Bertz CT molecular complexity index is 378. The van der Waals surface area contributed by atoms with Crippen LogP contribution < -0.4 is 10.2 Å². The molecule has 4 heteroatoms. The molecule has 1 N–H and O–H groups in total. The summed E-state index contributed by atoms with van der Waals surface area (Å²) in [4.78, 5) is 13.5. The van der Waals surface area contributed by atoms with Crippen LogP contribution in [0.15, 0.2) is 22.7 Å². The highest BCUT2D eigenvalue weighted by Gasteiger charge is 2.17. The number of hydrogen-bond donors (Lipinski definition) is 1. The second kappa shape index (κ2) is 3.61. The molecule has 1 aromatic rings. The number of fused-ring (bicyclic) bond motifs is 1. The minimum absolute atomic E-state index is 0.0718. The molecule has 1 aromatic carbocycles. The Morgan fingerprint density at radius 3 is 3.07 bits per heavy atom. The smallest absolute Gasteiger partial charge is 0.226 e. The minimum Gasteiger partial charge on any atom is -0.372 e. The molecule has 14 heavy (non-hydrogen) atoms. The van der Waals surface area contributed by atoms with Gasteiger partial charge in [0.25, 0.3) is 0 Å². The lowest BCUT2D eigenvalue weighted by atomic mass is 10.2. The highest BCUT2D eigenvalue weighted by molar-refractivity contribution is 9.10. The molecule has 0 unspecified atom stereocenters. The van der Waals surface area contributed by atoms with Gasteiger partial charge < -0.3 is 10.2 Å². The molecule has 1 amide bonds. The van der Waals surface area contributed by atoms with Gasteiger partial charge in [-0.15, -0.1) is 0 Å². The monoisotopic (exact) mass is 254 g/mol. The van der Waals surface area contributed by atoms with Crippen LogP contribution in [0.4, 0.5) is 11.4 Å². The molecule has 1 aliphatic heterocycles. The van der Waals surface area contributed by atoms with Gasteiger partial charge in [-0.25, -0.2) is 0 Å². The molecule has 0 fully saturated rings. The Morgan fingerprint density at radius 2 is 2.29 bits per heavy atom. The number of anilines is 2. The maximum absolute atomic E-state index is 11.4. The molecule has 1 heterocycles. The first-order valence-electron chi connectivity index (χ1n) is 4.48. The van der Waals surface area contributed by atoms with Crippen molar-refractivity contribution in [2.45, 2.75) is 6.42 Å². The molecule has 2 rings (SSSR count). The SMILES string of the molecule is CN1CCC(=O)Nc2c(Br)cccc21. The molecule has 0 aromatic heterocycles. The summed E-state index contributed by atoms with van der Waals surface area (Å²) in [5.74, 6) is 0.0718. The molecule has 0 atom stereocenters. The van der Waals surface area contributed by atoms with Gasteiger partial charge in [0, 0.05) is 24.5 Å². The van der Waals surface area contributed by atoms with Crippen LogP contribution >= 0.6 is 15.9 Å². The van der Waals surface area contributed by atoms with Gasteiger partial charge in [0.2, 0.25) is 5.91 Å². The summed E-state index contributed by atoms with van der Waals surface area (Å²) in [6.45, 7) is 0.759. The Kier molecular flexibility index (Phi) is 2.46. The number of halogens is 1. The van der Waals surface area contributed by atoms with Gasteiger partial charge in [-0.1, -0.05) is 6.07 Å². The van der Waals surface area contributed by atoms with Crippen LogP contribution in [0.5, 0.6) is 0 Å². The molecular weight excluding hydrogens is 244 g/mol. The van der Waals surface area contributed by atoms with Crippen LogP contribution in [-0.2, 0) is 4.79 Å². The average molecular weight is 255 g/mol. The molecule has 0 saturated heterocycles. The molecule has 0 spiro atoms. The van der Waals surface area contributed by atoms with Gasteiger partial charge in [-0.05, 0) is 28.1 Å². The van der Waals surface area contributed by atoms with Crippen molar-refractivity contribution in [2.24, 2.45) is 0 Å². The van der Waals surface area contributed by atoms with Crippen molar-refractivity contribution in [3.63, 3.8) is 0 Å². The lowest BCUT2D eigenvalue weighted by molar-refractivity contribution is -0.115. The zero-order valence-electron chi connectivity index (χ0n) is 7.88. The zero-order chi connectivity index (χ0) is 10.1. The van der Waals surface area contributed by atoms with E-state index in [1.807, 2.05) is 25.2 Å². The predicted octanol–water partition coefficient (Wildman–Crippen LogP) is 2.23. The second-order valence-electron chi connectivity index (χ2n) is 3.35. The highest BCUT2D eigenvalue weighted by Crippen LogP contribution is 2.34. The summed E-state index contributed by atoms with van der Waals surface area (Å²) in [5, 5.41) is 2.89. The second-order valence-corrected chi connectivity index (χ2v) is 4.21. The molecule has 0 saturated carbocycles. The van der Waals surface area contributed by atoms with Gasteiger partial charge in [-0.3, -0.25) is 4.79 Å². The molecule has 3 nitrogen and oxygen atoms in total. The summed E-state index contributed by atoms with van der Waals surface area (Å²) in [6.07, 6.45) is 0.539. The van der Waals surface area contributed by atoms with Gasteiger partial charge in [0.1, 0.15) is 0 Å². The highest BCUT2D eigenvalue weighted by atomic mass is 79.9. The first kappa shape index (κ1) is 9.52. The van der Waals surface area contributed by atoms with Gasteiger partial charge in [0.05, 0.1) is 11.4 Å². The van der Waals surface area contributed by atoms with Crippen molar-refractivity contribution in [1.82, 2.24) is 0 Å². The number of benzene rings is 1. The summed E-state index contributed by atoms with van der Waals surface area (Å²) < 4.78 is 0.928. The summed E-state index contributed by atoms with van der Waals surface area (Å²) in [5.41, 5.74) is 1.93. The van der Waals surface area contributed by atoms with E-state index in [-0.39, 0.29) is 5.91 Å². The van der Waals surface area contributed by atoms with Gasteiger partial charge in [0.15, 0.2) is 0 Å². The lowest BCUT2D eigenvalue weighted by Gasteiger charge is -2.18. The molecule has 0 aliphatic carbocycles. The predicted molar refractivity (Wildman–Crippen MR) is 60.7 cm³/mol. The normalized spacial score (nSPS) is 15.9. The lowest BCUT2D eigenvalue weighted by Crippen LogP contribution is -2.18. The van der Waals surface area contributed by atoms with E-state index in [1.165, 1.54) is 0 Å². The Balaban J connectivity index is 2.52. The van der Waals surface area contributed by atoms with Crippen molar-refractivity contribution in [1.29, 1.82) is 0 Å². The van der Waals surface area contributed by atoms with Crippen molar-refractivity contribution in [3.8, 4) is 0 Å². The topological polar surface area (TPSA) is 32.3 Å². The number of para-hydroxylation sites is 1. The molecule has 0 radical (unpaired) electrons. The van der Waals surface area contributed by atoms with Crippen LogP contribution in [0.25, 0.3) is 0 Å².